The molecule has 1 aromatic rings. The molecule has 0 aromatic heterocycles. The zero-order valence-electron chi connectivity index (χ0n) is 8.24. The molecule has 0 saturated carbocycles. The molecule has 2 nitrogen and oxygen atoms in total. The van der Waals surface area contributed by atoms with Crippen molar-refractivity contribution in [3.8, 4) is 0 Å². The molecule has 72 valence electrons. The predicted molar refractivity (Wildman–Crippen MR) is 58.2 cm³/mol. The average molecular weight is 186 g/mol. The lowest BCUT2D eigenvalue weighted by atomic mass is 10.2. The van der Waals surface area contributed by atoms with Gasteiger partial charge >= 0.3 is 0 Å². The van der Waals surface area contributed by atoms with Crippen molar-refractivity contribution in [2.24, 2.45) is 0 Å². The third-order valence-electron chi connectivity index (χ3n) is 2.67. The summed E-state index contributed by atoms with van der Waals surface area (Å²) in [5, 5.41) is 0. The SMILES string of the molecule is [C-]#[N+]Cc1ccc(N2CCCC2)cc1. The third-order valence-corrected chi connectivity index (χ3v) is 2.67. The van der Waals surface area contributed by atoms with Crippen molar-refractivity contribution in [3.63, 3.8) is 0 Å². The second kappa shape index (κ2) is 4.15. The van der Waals surface area contributed by atoms with Gasteiger partial charge in [0.2, 0.25) is 6.54 Å². The molecule has 0 spiro atoms. The van der Waals surface area contributed by atoms with Crippen LogP contribution < -0.4 is 4.90 Å². The Morgan fingerprint density at radius 1 is 1.14 bits per heavy atom. The fourth-order valence-corrected chi connectivity index (χ4v) is 1.88. The summed E-state index contributed by atoms with van der Waals surface area (Å²) in [6, 6.07) is 8.38. The van der Waals surface area contributed by atoms with Gasteiger partial charge in [-0.15, -0.1) is 0 Å². The quantitative estimate of drug-likeness (QED) is 0.644. The monoisotopic (exact) mass is 186 g/mol. The first-order valence-corrected chi connectivity index (χ1v) is 5.07. The van der Waals surface area contributed by atoms with Crippen molar-refractivity contribution in [2.75, 3.05) is 18.0 Å². The van der Waals surface area contributed by atoms with Crippen LogP contribution in [-0.2, 0) is 6.54 Å². The fraction of sp³-hybridized carbons (Fsp3) is 0.417. The summed E-state index contributed by atoms with van der Waals surface area (Å²) < 4.78 is 0. The van der Waals surface area contributed by atoms with E-state index in [0.717, 1.165) is 5.56 Å². The van der Waals surface area contributed by atoms with Gasteiger partial charge in [0.1, 0.15) is 0 Å². The Morgan fingerprint density at radius 3 is 2.36 bits per heavy atom. The van der Waals surface area contributed by atoms with E-state index in [1.165, 1.54) is 31.6 Å². The van der Waals surface area contributed by atoms with Crippen LogP contribution in [0.1, 0.15) is 18.4 Å². The molecule has 2 heteroatoms. The van der Waals surface area contributed by atoms with Gasteiger partial charge in [-0.3, -0.25) is 0 Å². The molecule has 2 rings (SSSR count). The Morgan fingerprint density at radius 2 is 1.79 bits per heavy atom. The lowest BCUT2D eigenvalue weighted by molar-refractivity contribution is 0.949. The van der Waals surface area contributed by atoms with Crippen LogP contribution in [0.2, 0.25) is 0 Å². The Balaban J connectivity index is 2.09. The minimum Gasteiger partial charge on any atom is -0.372 e. The minimum atomic E-state index is 0.500. The highest BCUT2D eigenvalue weighted by molar-refractivity contribution is 5.48. The van der Waals surface area contributed by atoms with E-state index in [9.17, 15) is 0 Å². The summed E-state index contributed by atoms with van der Waals surface area (Å²) in [5.74, 6) is 0. The van der Waals surface area contributed by atoms with E-state index in [1.807, 2.05) is 0 Å². The van der Waals surface area contributed by atoms with Crippen LogP contribution in [0.5, 0.6) is 0 Å². The van der Waals surface area contributed by atoms with E-state index in [2.05, 4.69) is 34.0 Å². The molecule has 0 amide bonds. The number of anilines is 1. The topological polar surface area (TPSA) is 7.60 Å². The molecule has 0 N–H and O–H groups in total. The number of benzene rings is 1. The fourth-order valence-electron chi connectivity index (χ4n) is 1.88. The maximum absolute atomic E-state index is 6.78. The number of rotatable bonds is 2. The highest BCUT2D eigenvalue weighted by atomic mass is 15.1. The third kappa shape index (κ3) is 1.88. The van der Waals surface area contributed by atoms with Crippen LogP contribution in [0.3, 0.4) is 0 Å². The molecule has 0 atom stereocenters. The van der Waals surface area contributed by atoms with E-state index in [0.29, 0.717) is 6.54 Å². The Kier molecular flexibility index (Phi) is 2.69. The van der Waals surface area contributed by atoms with Gasteiger partial charge in [-0.2, -0.15) is 0 Å². The summed E-state index contributed by atoms with van der Waals surface area (Å²) in [4.78, 5) is 5.77. The molecule has 0 radical (unpaired) electrons. The zero-order chi connectivity index (χ0) is 9.80. The van der Waals surface area contributed by atoms with Crippen LogP contribution in [0, 0.1) is 6.57 Å². The molecular formula is C12H14N2. The second-order valence-electron chi connectivity index (χ2n) is 3.68. The Labute approximate surface area is 85.0 Å². The van der Waals surface area contributed by atoms with E-state index in [1.54, 1.807) is 0 Å². The van der Waals surface area contributed by atoms with Gasteiger partial charge in [0, 0.05) is 24.3 Å². The highest BCUT2D eigenvalue weighted by Gasteiger charge is 2.11. The second-order valence-corrected chi connectivity index (χ2v) is 3.68. The van der Waals surface area contributed by atoms with E-state index in [4.69, 9.17) is 6.57 Å². The summed E-state index contributed by atoms with van der Waals surface area (Å²) in [6.07, 6.45) is 2.62. The van der Waals surface area contributed by atoms with Gasteiger partial charge in [0.15, 0.2) is 0 Å². The smallest absolute Gasteiger partial charge is 0.239 e. The molecular weight excluding hydrogens is 172 g/mol. The maximum atomic E-state index is 6.78. The molecule has 1 fully saturated rings. The highest BCUT2D eigenvalue weighted by Crippen LogP contribution is 2.20. The maximum Gasteiger partial charge on any atom is 0.239 e. The normalized spacial score (nSPS) is 15.5. The molecule has 1 heterocycles. The van der Waals surface area contributed by atoms with Crippen molar-refractivity contribution in [2.45, 2.75) is 19.4 Å². The predicted octanol–water partition coefficient (Wildman–Crippen LogP) is 2.71. The molecule has 1 aliphatic heterocycles. The van der Waals surface area contributed by atoms with Gasteiger partial charge in [0.25, 0.3) is 0 Å². The Bertz CT molecular complexity index is 328. The number of hydrogen-bond acceptors (Lipinski definition) is 1. The number of nitrogens with zero attached hydrogens (tertiary/aromatic N) is 2. The molecule has 1 aromatic carbocycles. The summed E-state index contributed by atoms with van der Waals surface area (Å²) in [6.45, 7) is 9.64. The van der Waals surface area contributed by atoms with Crippen LogP contribution in [-0.4, -0.2) is 13.1 Å². The van der Waals surface area contributed by atoms with Crippen LogP contribution >= 0.6 is 0 Å². The van der Waals surface area contributed by atoms with Gasteiger partial charge < -0.3 is 9.74 Å². The van der Waals surface area contributed by atoms with Crippen LogP contribution in [0.4, 0.5) is 5.69 Å². The van der Waals surface area contributed by atoms with Crippen molar-refractivity contribution < 1.29 is 0 Å². The molecule has 1 aliphatic rings. The lowest BCUT2D eigenvalue weighted by Gasteiger charge is -2.17. The van der Waals surface area contributed by atoms with Gasteiger partial charge in [-0.05, 0) is 37.1 Å². The van der Waals surface area contributed by atoms with Crippen molar-refractivity contribution >= 4 is 5.69 Å². The van der Waals surface area contributed by atoms with E-state index < -0.39 is 0 Å². The minimum absolute atomic E-state index is 0.500. The molecule has 0 unspecified atom stereocenters. The van der Waals surface area contributed by atoms with E-state index in [-0.39, 0.29) is 0 Å². The zero-order valence-corrected chi connectivity index (χ0v) is 8.24. The Hall–Kier alpha value is -1.49. The summed E-state index contributed by atoms with van der Waals surface area (Å²) in [5.41, 5.74) is 2.42. The molecule has 1 saturated heterocycles. The van der Waals surface area contributed by atoms with Crippen LogP contribution in [0.25, 0.3) is 4.85 Å². The lowest BCUT2D eigenvalue weighted by Crippen LogP contribution is -2.17. The average Bonchev–Trinajstić information content (AvgIpc) is 2.72. The number of hydrogen-bond donors (Lipinski definition) is 0. The van der Waals surface area contributed by atoms with Crippen molar-refractivity contribution in [3.05, 3.63) is 41.2 Å². The molecule has 0 aliphatic carbocycles. The van der Waals surface area contributed by atoms with Crippen molar-refractivity contribution in [1.82, 2.24) is 0 Å². The first kappa shape index (κ1) is 9.08. The standard InChI is InChI=1S/C12H14N2/c1-13-10-11-4-6-12(7-5-11)14-8-2-3-9-14/h4-7H,2-3,8-10H2. The summed E-state index contributed by atoms with van der Waals surface area (Å²) in [7, 11) is 0. The van der Waals surface area contributed by atoms with Crippen molar-refractivity contribution in [1.29, 1.82) is 0 Å². The van der Waals surface area contributed by atoms with Gasteiger partial charge in [0.05, 0.1) is 0 Å². The van der Waals surface area contributed by atoms with E-state index >= 15 is 0 Å². The molecule has 0 bridgehead atoms. The first-order chi connectivity index (χ1) is 6.90. The van der Waals surface area contributed by atoms with Gasteiger partial charge in [-0.1, -0.05) is 0 Å². The first-order valence-electron chi connectivity index (χ1n) is 5.07. The largest absolute Gasteiger partial charge is 0.372 e. The van der Waals surface area contributed by atoms with Crippen LogP contribution in [0.15, 0.2) is 24.3 Å². The van der Waals surface area contributed by atoms with Gasteiger partial charge in [-0.25, -0.2) is 6.57 Å². The summed E-state index contributed by atoms with van der Waals surface area (Å²) >= 11 is 0. The molecule has 14 heavy (non-hydrogen) atoms.